The van der Waals surface area contributed by atoms with Crippen LogP contribution in [0.25, 0.3) is 0 Å². The molecule has 4 N–H and O–H groups in total. The molecule has 0 spiro atoms. The number of hydrogen-bond acceptors (Lipinski definition) is 4. The lowest BCUT2D eigenvalue weighted by Gasteiger charge is -2.14. The van der Waals surface area contributed by atoms with E-state index < -0.39 is 23.7 Å². The molecule has 0 heterocycles. The third-order valence-corrected chi connectivity index (χ3v) is 3.98. The number of carbonyl (C=O) groups excluding carboxylic acids is 2. The number of benzene rings is 2. The highest BCUT2D eigenvalue weighted by Gasteiger charge is 2.20. The molecule has 0 fully saturated rings. The fourth-order valence-corrected chi connectivity index (χ4v) is 2.55. The van der Waals surface area contributed by atoms with Gasteiger partial charge in [0, 0.05) is 17.7 Å². The summed E-state index contributed by atoms with van der Waals surface area (Å²) in [6.07, 6.45) is 0.267. The molecule has 0 saturated heterocycles. The molecule has 0 aliphatic rings. The first-order chi connectivity index (χ1) is 12.9. The van der Waals surface area contributed by atoms with Crippen molar-refractivity contribution < 1.29 is 24.2 Å². The minimum atomic E-state index is -1.00. The number of primary amides is 1. The lowest BCUT2D eigenvalue weighted by molar-refractivity contribution is -0.141. The van der Waals surface area contributed by atoms with Crippen LogP contribution in [0.5, 0.6) is 5.75 Å². The van der Waals surface area contributed by atoms with E-state index in [1.54, 1.807) is 30.3 Å². The van der Waals surface area contributed by atoms with Crippen LogP contribution in [-0.2, 0) is 11.2 Å². The van der Waals surface area contributed by atoms with Crippen LogP contribution in [0.15, 0.2) is 48.5 Å². The van der Waals surface area contributed by atoms with Gasteiger partial charge in [0.2, 0.25) is 5.91 Å². The zero-order valence-electron chi connectivity index (χ0n) is 15.0. The third-order valence-electron chi connectivity index (χ3n) is 3.98. The highest BCUT2D eigenvalue weighted by atomic mass is 16.5. The van der Waals surface area contributed by atoms with Crippen LogP contribution in [0, 0.1) is 5.92 Å². The van der Waals surface area contributed by atoms with E-state index in [1.165, 1.54) is 18.2 Å². The monoisotopic (exact) mass is 370 g/mol. The SMILES string of the molecule is CCOc1ccc(CC(CNC(=O)c2cccc(C(N)=O)c2)C(=O)O)cc1. The normalized spacial score (nSPS) is 11.4. The van der Waals surface area contributed by atoms with Gasteiger partial charge in [-0.25, -0.2) is 0 Å². The maximum Gasteiger partial charge on any atom is 0.308 e. The van der Waals surface area contributed by atoms with Gasteiger partial charge < -0.3 is 20.9 Å². The maximum atomic E-state index is 12.2. The quantitative estimate of drug-likeness (QED) is 0.622. The van der Waals surface area contributed by atoms with Gasteiger partial charge in [-0.1, -0.05) is 18.2 Å². The van der Waals surface area contributed by atoms with Crippen LogP contribution in [0.3, 0.4) is 0 Å². The summed E-state index contributed by atoms with van der Waals surface area (Å²) in [6, 6.07) is 13.1. The smallest absolute Gasteiger partial charge is 0.308 e. The number of hydrogen-bond donors (Lipinski definition) is 3. The summed E-state index contributed by atoms with van der Waals surface area (Å²) in [6.45, 7) is 2.40. The Balaban J connectivity index is 1.99. The molecule has 2 aromatic carbocycles. The van der Waals surface area contributed by atoms with Crippen molar-refractivity contribution in [3.63, 3.8) is 0 Å². The Morgan fingerprint density at radius 1 is 1.11 bits per heavy atom. The molecule has 2 aromatic rings. The highest BCUT2D eigenvalue weighted by molar-refractivity contribution is 5.99. The predicted molar refractivity (Wildman–Crippen MR) is 99.7 cm³/mol. The molecular weight excluding hydrogens is 348 g/mol. The number of carboxylic acid groups (broad SMARTS) is 1. The molecule has 27 heavy (non-hydrogen) atoms. The summed E-state index contributed by atoms with van der Waals surface area (Å²) in [5.41, 5.74) is 6.49. The molecule has 142 valence electrons. The standard InChI is InChI=1S/C20H22N2O5/c1-2-27-17-8-6-13(7-9-17)10-16(20(25)26)12-22-19(24)15-5-3-4-14(11-15)18(21)23/h3-9,11,16H,2,10,12H2,1H3,(H2,21,23)(H,22,24)(H,25,26). The van der Waals surface area contributed by atoms with Crippen LogP contribution in [0.2, 0.25) is 0 Å². The van der Waals surface area contributed by atoms with Crippen LogP contribution >= 0.6 is 0 Å². The molecule has 0 aliphatic carbocycles. The van der Waals surface area contributed by atoms with E-state index in [2.05, 4.69) is 5.32 Å². The average molecular weight is 370 g/mol. The molecule has 0 aromatic heterocycles. The number of nitrogens with two attached hydrogens (primary N) is 1. The van der Waals surface area contributed by atoms with E-state index in [-0.39, 0.29) is 24.1 Å². The summed E-state index contributed by atoms with van der Waals surface area (Å²) in [4.78, 5) is 35.0. The van der Waals surface area contributed by atoms with E-state index in [4.69, 9.17) is 10.5 Å². The summed E-state index contributed by atoms with van der Waals surface area (Å²) in [5.74, 6) is -2.17. The Labute approximate surface area is 157 Å². The van der Waals surface area contributed by atoms with E-state index >= 15 is 0 Å². The number of nitrogens with one attached hydrogen (secondary N) is 1. The zero-order chi connectivity index (χ0) is 19.8. The predicted octanol–water partition coefficient (Wildman–Crippen LogP) is 1.86. The Bertz CT molecular complexity index is 817. The number of carboxylic acids is 1. The van der Waals surface area contributed by atoms with Crippen molar-refractivity contribution in [3.05, 3.63) is 65.2 Å². The number of amides is 2. The Kier molecular flexibility index (Phi) is 6.93. The van der Waals surface area contributed by atoms with Crippen molar-refractivity contribution in [2.45, 2.75) is 13.3 Å². The van der Waals surface area contributed by atoms with Gasteiger partial charge in [-0.2, -0.15) is 0 Å². The minimum absolute atomic E-state index is 0.0395. The first-order valence-corrected chi connectivity index (χ1v) is 8.53. The van der Waals surface area contributed by atoms with Crippen LogP contribution in [-0.4, -0.2) is 36.0 Å². The third kappa shape index (κ3) is 5.85. The second kappa shape index (κ2) is 9.38. The van der Waals surface area contributed by atoms with Crippen molar-refractivity contribution in [3.8, 4) is 5.75 Å². The topological polar surface area (TPSA) is 119 Å². The molecule has 2 rings (SSSR count). The molecule has 7 heteroatoms. The summed E-state index contributed by atoms with van der Waals surface area (Å²) in [5, 5.41) is 12.0. The van der Waals surface area contributed by atoms with E-state index in [0.717, 1.165) is 11.3 Å². The summed E-state index contributed by atoms with van der Waals surface area (Å²) >= 11 is 0. The van der Waals surface area contributed by atoms with Crippen molar-refractivity contribution in [1.29, 1.82) is 0 Å². The fourth-order valence-electron chi connectivity index (χ4n) is 2.55. The average Bonchev–Trinajstić information content (AvgIpc) is 2.66. The zero-order valence-corrected chi connectivity index (χ0v) is 15.0. The van der Waals surface area contributed by atoms with Crippen molar-refractivity contribution >= 4 is 17.8 Å². The van der Waals surface area contributed by atoms with Gasteiger partial charge >= 0.3 is 5.97 Å². The summed E-state index contributed by atoms with van der Waals surface area (Å²) in [7, 11) is 0. The fraction of sp³-hybridized carbons (Fsp3) is 0.250. The first-order valence-electron chi connectivity index (χ1n) is 8.53. The lowest BCUT2D eigenvalue weighted by Crippen LogP contribution is -2.34. The lowest BCUT2D eigenvalue weighted by atomic mass is 9.99. The van der Waals surface area contributed by atoms with E-state index in [1.807, 2.05) is 6.92 Å². The maximum absolute atomic E-state index is 12.2. The number of carbonyl (C=O) groups is 3. The second-order valence-electron chi connectivity index (χ2n) is 5.97. The van der Waals surface area contributed by atoms with Crippen LogP contribution in [0.1, 0.15) is 33.2 Å². The summed E-state index contributed by atoms with van der Waals surface area (Å²) < 4.78 is 5.36. The van der Waals surface area contributed by atoms with E-state index in [0.29, 0.717) is 6.61 Å². The number of aliphatic carboxylic acids is 1. The van der Waals surface area contributed by atoms with Crippen molar-refractivity contribution in [1.82, 2.24) is 5.32 Å². The van der Waals surface area contributed by atoms with Gasteiger partial charge in [-0.3, -0.25) is 14.4 Å². The molecule has 0 saturated carbocycles. The van der Waals surface area contributed by atoms with Gasteiger partial charge in [0.05, 0.1) is 12.5 Å². The van der Waals surface area contributed by atoms with Gasteiger partial charge in [0.15, 0.2) is 0 Å². The molecule has 1 unspecified atom stereocenters. The largest absolute Gasteiger partial charge is 0.494 e. The molecule has 1 atom stereocenters. The molecular formula is C20H22N2O5. The second-order valence-corrected chi connectivity index (χ2v) is 5.97. The Morgan fingerprint density at radius 2 is 1.78 bits per heavy atom. The molecule has 2 amide bonds. The van der Waals surface area contributed by atoms with Crippen molar-refractivity contribution in [2.75, 3.05) is 13.2 Å². The number of rotatable bonds is 9. The van der Waals surface area contributed by atoms with Crippen LogP contribution in [0.4, 0.5) is 0 Å². The minimum Gasteiger partial charge on any atom is -0.494 e. The molecule has 0 aliphatic heterocycles. The molecule has 0 bridgehead atoms. The van der Waals surface area contributed by atoms with E-state index in [9.17, 15) is 19.5 Å². The van der Waals surface area contributed by atoms with Crippen molar-refractivity contribution in [2.24, 2.45) is 11.7 Å². The van der Waals surface area contributed by atoms with Crippen LogP contribution < -0.4 is 15.8 Å². The van der Waals surface area contributed by atoms with Gasteiger partial charge in [-0.15, -0.1) is 0 Å². The Morgan fingerprint density at radius 3 is 2.37 bits per heavy atom. The molecule has 0 radical (unpaired) electrons. The van der Waals surface area contributed by atoms with Gasteiger partial charge in [0.1, 0.15) is 5.75 Å². The first kappa shape index (κ1) is 20.0. The van der Waals surface area contributed by atoms with Gasteiger partial charge in [0.25, 0.3) is 5.91 Å². The Hall–Kier alpha value is -3.35. The number of ether oxygens (including phenoxy) is 1. The van der Waals surface area contributed by atoms with Gasteiger partial charge in [-0.05, 0) is 49.2 Å². The highest BCUT2D eigenvalue weighted by Crippen LogP contribution is 2.15. The molecule has 7 nitrogen and oxygen atoms in total.